The summed E-state index contributed by atoms with van der Waals surface area (Å²) in [6, 6.07) is 2.18. The normalized spacial score (nSPS) is 29.3. The van der Waals surface area contributed by atoms with Gasteiger partial charge in [-0.2, -0.15) is 0 Å². The van der Waals surface area contributed by atoms with Crippen molar-refractivity contribution >= 4 is 17.0 Å². The molecule has 5 heteroatoms. The molecule has 3 fully saturated rings. The predicted octanol–water partition coefficient (Wildman–Crippen LogP) is 3.96. The third kappa shape index (κ3) is 2.55. The van der Waals surface area contributed by atoms with Crippen LogP contribution in [0.1, 0.15) is 73.1 Å². The Balaban J connectivity index is 1.43. The van der Waals surface area contributed by atoms with Crippen LogP contribution in [-0.4, -0.2) is 22.1 Å². The minimum Gasteiger partial charge on any atom is -0.349 e. The van der Waals surface area contributed by atoms with Crippen LogP contribution in [0, 0.1) is 24.7 Å². The number of carbonyl (C=O) groups is 1. The van der Waals surface area contributed by atoms with E-state index in [0.717, 1.165) is 41.5 Å². The summed E-state index contributed by atoms with van der Waals surface area (Å²) in [4.78, 5) is 17.6. The Morgan fingerprint density at radius 2 is 2.12 bits per heavy atom. The number of hydrogen-bond donors (Lipinski definition) is 1. The molecule has 4 atom stereocenters. The predicted molar refractivity (Wildman–Crippen MR) is 94.4 cm³/mol. The van der Waals surface area contributed by atoms with E-state index in [2.05, 4.69) is 22.4 Å². The minimum atomic E-state index is -0.00382. The van der Waals surface area contributed by atoms with E-state index in [9.17, 15) is 4.79 Å². The van der Waals surface area contributed by atoms with Crippen molar-refractivity contribution in [1.29, 1.82) is 0 Å². The van der Waals surface area contributed by atoms with Crippen molar-refractivity contribution in [3.63, 3.8) is 0 Å². The maximum Gasteiger partial charge on any atom is 0.259 e. The molecule has 0 aromatic carbocycles. The third-order valence-electron chi connectivity index (χ3n) is 6.67. The topological polar surface area (TPSA) is 68.0 Å². The molecular formula is C20H25N3O2. The number of amides is 1. The number of aromatic nitrogens is 2. The molecule has 3 aliphatic rings. The van der Waals surface area contributed by atoms with E-state index in [4.69, 9.17) is 4.52 Å². The second kappa shape index (κ2) is 5.55. The molecule has 2 heterocycles. The molecule has 0 saturated heterocycles. The largest absolute Gasteiger partial charge is 0.349 e. The van der Waals surface area contributed by atoms with Crippen LogP contribution >= 0.6 is 0 Å². The van der Waals surface area contributed by atoms with E-state index in [1.165, 1.54) is 25.7 Å². The van der Waals surface area contributed by atoms with Crippen molar-refractivity contribution in [1.82, 2.24) is 15.5 Å². The summed E-state index contributed by atoms with van der Waals surface area (Å²) >= 11 is 0. The van der Waals surface area contributed by atoms with E-state index in [-0.39, 0.29) is 11.9 Å². The average molecular weight is 339 g/mol. The number of nitrogens with zero attached hydrogens (tertiary/aromatic N) is 2. The first kappa shape index (κ1) is 15.4. The molecule has 0 radical (unpaired) electrons. The molecule has 5 nitrogen and oxygen atoms in total. The van der Waals surface area contributed by atoms with E-state index in [1.807, 2.05) is 13.0 Å². The maximum absolute atomic E-state index is 13.1. The summed E-state index contributed by atoms with van der Waals surface area (Å²) in [6.07, 6.45) is 7.66. The summed E-state index contributed by atoms with van der Waals surface area (Å²) in [5.74, 6) is 2.80. The molecule has 0 spiro atoms. The first-order valence-corrected chi connectivity index (χ1v) is 9.68. The molecular weight excluding hydrogens is 314 g/mol. The van der Waals surface area contributed by atoms with Crippen molar-refractivity contribution in [3.05, 3.63) is 23.0 Å². The summed E-state index contributed by atoms with van der Waals surface area (Å²) in [5, 5.41) is 8.08. The van der Waals surface area contributed by atoms with E-state index < -0.39 is 0 Å². The smallest absolute Gasteiger partial charge is 0.259 e. The number of pyridine rings is 1. The number of nitrogens with one attached hydrogen (secondary N) is 1. The van der Waals surface area contributed by atoms with Gasteiger partial charge in [0.25, 0.3) is 11.6 Å². The lowest BCUT2D eigenvalue weighted by Gasteiger charge is -2.28. The molecule has 3 saturated carbocycles. The highest BCUT2D eigenvalue weighted by molar-refractivity contribution is 6.06. The van der Waals surface area contributed by atoms with Gasteiger partial charge in [0.1, 0.15) is 0 Å². The van der Waals surface area contributed by atoms with Gasteiger partial charge >= 0.3 is 0 Å². The Bertz CT molecular complexity index is 839. The van der Waals surface area contributed by atoms with Gasteiger partial charge in [-0.25, -0.2) is 4.98 Å². The van der Waals surface area contributed by atoms with Gasteiger partial charge in [0.15, 0.2) is 0 Å². The molecule has 25 heavy (non-hydrogen) atoms. The summed E-state index contributed by atoms with van der Waals surface area (Å²) in [7, 11) is 0. The minimum absolute atomic E-state index is 0.00382. The SMILES string of the molecule is Cc1noc2nc(C3CC3)cc(C(=O)N[C@H](C)[C@@H]3C[C@H]4CC[C@H]3C4)c12. The summed E-state index contributed by atoms with van der Waals surface area (Å²) in [5.41, 5.74) is 2.89. The fourth-order valence-electron chi connectivity index (χ4n) is 5.18. The Morgan fingerprint density at radius 3 is 2.80 bits per heavy atom. The van der Waals surface area contributed by atoms with Gasteiger partial charge in [-0.05, 0) is 69.8 Å². The van der Waals surface area contributed by atoms with E-state index in [1.54, 1.807) is 0 Å². The van der Waals surface area contributed by atoms with Crippen LogP contribution in [0.15, 0.2) is 10.6 Å². The van der Waals surface area contributed by atoms with Gasteiger partial charge in [0.05, 0.1) is 16.6 Å². The second-order valence-electron chi connectivity index (χ2n) is 8.42. The zero-order valence-corrected chi connectivity index (χ0v) is 14.9. The molecule has 2 aromatic heterocycles. The monoisotopic (exact) mass is 339 g/mol. The Kier molecular flexibility index (Phi) is 3.41. The zero-order valence-electron chi connectivity index (χ0n) is 14.9. The standard InChI is InChI=1S/C20H25N3O2/c1-10(15-8-12-3-4-14(15)7-12)21-19(24)16-9-17(13-5-6-13)22-20-18(16)11(2)23-25-20/h9-10,12-15H,3-8H2,1-2H3,(H,21,24)/t10-,12+,14+,15+/m1/s1. The number of carbonyl (C=O) groups excluding carboxylic acids is 1. The summed E-state index contributed by atoms with van der Waals surface area (Å²) in [6.45, 7) is 4.05. The van der Waals surface area contributed by atoms with Crippen molar-refractivity contribution in [3.8, 4) is 0 Å². The third-order valence-corrected chi connectivity index (χ3v) is 6.67. The lowest BCUT2D eigenvalue weighted by atomic mass is 9.84. The van der Waals surface area contributed by atoms with Crippen LogP contribution < -0.4 is 5.32 Å². The van der Waals surface area contributed by atoms with Crippen LogP contribution in [0.3, 0.4) is 0 Å². The lowest BCUT2D eigenvalue weighted by molar-refractivity contribution is 0.0916. The number of rotatable bonds is 4. The highest BCUT2D eigenvalue weighted by Gasteiger charge is 2.42. The molecule has 5 rings (SSSR count). The van der Waals surface area contributed by atoms with E-state index >= 15 is 0 Å². The molecule has 1 N–H and O–H groups in total. The first-order chi connectivity index (χ1) is 12.1. The average Bonchev–Trinajstić information content (AvgIpc) is 3.06. The van der Waals surface area contributed by atoms with Gasteiger partial charge in [0.2, 0.25) is 0 Å². The Labute approximate surface area is 147 Å². The fraction of sp³-hybridized carbons (Fsp3) is 0.650. The zero-order chi connectivity index (χ0) is 17.1. The quantitative estimate of drug-likeness (QED) is 0.915. The Hall–Kier alpha value is -1.91. The van der Waals surface area contributed by atoms with Crippen molar-refractivity contribution in [2.75, 3.05) is 0 Å². The Morgan fingerprint density at radius 1 is 1.28 bits per heavy atom. The molecule has 0 unspecified atom stereocenters. The molecule has 3 aliphatic carbocycles. The van der Waals surface area contributed by atoms with Gasteiger partial charge in [-0.15, -0.1) is 0 Å². The molecule has 132 valence electrons. The van der Waals surface area contributed by atoms with Crippen LogP contribution in [0.5, 0.6) is 0 Å². The van der Waals surface area contributed by atoms with Gasteiger partial charge in [0, 0.05) is 17.7 Å². The molecule has 0 aliphatic heterocycles. The van der Waals surface area contributed by atoms with Crippen molar-refractivity contribution in [2.45, 2.75) is 64.3 Å². The van der Waals surface area contributed by atoms with Gasteiger partial charge in [-0.1, -0.05) is 11.6 Å². The molecule has 1 amide bonds. The van der Waals surface area contributed by atoms with Gasteiger partial charge < -0.3 is 9.84 Å². The summed E-state index contributed by atoms with van der Waals surface area (Å²) < 4.78 is 5.36. The molecule has 2 bridgehead atoms. The van der Waals surface area contributed by atoms with Crippen LogP contribution in [-0.2, 0) is 0 Å². The number of fused-ring (bicyclic) bond motifs is 3. The van der Waals surface area contributed by atoms with Crippen LogP contribution in [0.25, 0.3) is 11.1 Å². The van der Waals surface area contributed by atoms with Crippen LogP contribution in [0.2, 0.25) is 0 Å². The lowest BCUT2D eigenvalue weighted by Crippen LogP contribution is -2.40. The molecule has 2 aromatic rings. The van der Waals surface area contributed by atoms with Crippen molar-refractivity contribution in [2.24, 2.45) is 17.8 Å². The highest BCUT2D eigenvalue weighted by atomic mass is 16.5. The van der Waals surface area contributed by atoms with E-state index in [0.29, 0.717) is 23.1 Å². The second-order valence-corrected chi connectivity index (χ2v) is 8.42. The number of hydrogen-bond acceptors (Lipinski definition) is 4. The first-order valence-electron chi connectivity index (χ1n) is 9.68. The van der Waals surface area contributed by atoms with Crippen molar-refractivity contribution < 1.29 is 9.32 Å². The maximum atomic E-state index is 13.1. The number of aryl methyl sites for hydroxylation is 1. The van der Waals surface area contributed by atoms with Crippen LogP contribution in [0.4, 0.5) is 0 Å². The highest BCUT2D eigenvalue weighted by Crippen LogP contribution is 2.49. The fourth-order valence-corrected chi connectivity index (χ4v) is 5.18. The van der Waals surface area contributed by atoms with Gasteiger partial charge in [-0.3, -0.25) is 4.79 Å².